The molecule has 1 aromatic heterocycles. The van der Waals surface area contributed by atoms with Crippen molar-refractivity contribution < 1.29 is 8.42 Å². The molecule has 0 saturated carbocycles. The molecule has 0 atom stereocenters. The molecule has 0 fully saturated rings. The summed E-state index contributed by atoms with van der Waals surface area (Å²) in [5, 5.41) is 3.17. The van der Waals surface area contributed by atoms with Crippen molar-refractivity contribution >= 4 is 21.5 Å². The van der Waals surface area contributed by atoms with Crippen LogP contribution in [0.3, 0.4) is 0 Å². The number of nitrogens with zero attached hydrogens (tertiary/aromatic N) is 3. The molecule has 7 heteroatoms. The third kappa shape index (κ3) is 5.32. The second-order valence-electron chi connectivity index (χ2n) is 5.21. The minimum Gasteiger partial charge on any atom is -0.370 e. The molecule has 6 nitrogen and oxygen atoms in total. The molecule has 0 aliphatic heterocycles. The molecule has 0 aliphatic carbocycles. The Morgan fingerprint density at radius 3 is 2.50 bits per heavy atom. The fraction of sp³-hybridized carbons (Fsp3) is 0.692. The van der Waals surface area contributed by atoms with E-state index in [0.29, 0.717) is 6.54 Å². The first-order chi connectivity index (χ1) is 9.23. The van der Waals surface area contributed by atoms with Crippen LogP contribution in [-0.2, 0) is 9.84 Å². The molecule has 1 heterocycles. The first kappa shape index (κ1) is 16.7. The van der Waals surface area contributed by atoms with Crippen molar-refractivity contribution in [2.45, 2.75) is 26.7 Å². The number of aromatic nitrogens is 2. The Bertz CT molecular complexity index is 543. The molecule has 0 bridgehead atoms. The van der Waals surface area contributed by atoms with E-state index in [0.717, 1.165) is 24.0 Å². The predicted octanol–water partition coefficient (Wildman–Crippen LogP) is 1.51. The maximum absolute atomic E-state index is 11.2. The largest absolute Gasteiger partial charge is 0.370 e. The van der Waals surface area contributed by atoms with E-state index in [1.165, 1.54) is 6.26 Å². The summed E-state index contributed by atoms with van der Waals surface area (Å²) in [6, 6.07) is 1.84. The van der Waals surface area contributed by atoms with Crippen LogP contribution in [0.25, 0.3) is 0 Å². The number of anilines is 2. The van der Waals surface area contributed by atoms with Crippen molar-refractivity contribution in [1.29, 1.82) is 0 Å². The molecule has 20 heavy (non-hydrogen) atoms. The van der Waals surface area contributed by atoms with Gasteiger partial charge in [-0.2, -0.15) is 0 Å². The van der Waals surface area contributed by atoms with Gasteiger partial charge in [-0.05, 0) is 6.92 Å². The third-order valence-corrected chi connectivity index (χ3v) is 3.72. The first-order valence-electron chi connectivity index (χ1n) is 6.74. The van der Waals surface area contributed by atoms with Crippen LogP contribution < -0.4 is 10.2 Å². The monoisotopic (exact) mass is 300 g/mol. The van der Waals surface area contributed by atoms with Crippen LogP contribution in [-0.4, -0.2) is 50.5 Å². The zero-order valence-electron chi connectivity index (χ0n) is 12.8. The van der Waals surface area contributed by atoms with Gasteiger partial charge in [-0.1, -0.05) is 13.8 Å². The van der Waals surface area contributed by atoms with Gasteiger partial charge in [-0.25, -0.2) is 18.4 Å². The first-order valence-corrected chi connectivity index (χ1v) is 8.80. The van der Waals surface area contributed by atoms with Gasteiger partial charge in [-0.3, -0.25) is 0 Å². The van der Waals surface area contributed by atoms with Crippen molar-refractivity contribution in [3.05, 3.63) is 11.9 Å². The topological polar surface area (TPSA) is 75.2 Å². The van der Waals surface area contributed by atoms with E-state index in [9.17, 15) is 8.42 Å². The van der Waals surface area contributed by atoms with E-state index in [-0.39, 0.29) is 11.7 Å². The summed E-state index contributed by atoms with van der Waals surface area (Å²) in [4.78, 5) is 10.8. The Morgan fingerprint density at radius 2 is 2.00 bits per heavy atom. The van der Waals surface area contributed by atoms with E-state index >= 15 is 0 Å². The Kier molecular flexibility index (Phi) is 5.74. The smallest absolute Gasteiger partial charge is 0.149 e. The average Bonchev–Trinajstić information content (AvgIpc) is 2.35. The van der Waals surface area contributed by atoms with Crippen LogP contribution in [0.2, 0.25) is 0 Å². The fourth-order valence-corrected chi connectivity index (χ4v) is 2.20. The van der Waals surface area contributed by atoms with Gasteiger partial charge in [0.05, 0.1) is 5.75 Å². The zero-order chi connectivity index (χ0) is 15.3. The second kappa shape index (κ2) is 6.88. The van der Waals surface area contributed by atoms with E-state index in [1.54, 1.807) is 0 Å². The van der Waals surface area contributed by atoms with E-state index < -0.39 is 9.84 Å². The highest BCUT2D eigenvalue weighted by Crippen LogP contribution is 2.19. The molecule has 0 aromatic carbocycles. The predicted molar refractivity (Wildman–Crippen MR) is 83.3 cm³/mol. The summed E-state index contributed by atoms with van der Waals surface area (Å²) in [5.41, 5.74) is 0. The molecule has 0 aliphatic rings. The number of rotatable bonds is 7. The van der Waals surface area contributed by atoms with Gasteiger partial charge in [0.2, 0.25) is 0 Å². The molecular weight excluding hydrogens is 276 g/mol. The zero-order valence-corrected chi connectivity index (χ0v) is 13.7. The lowest BCUT2D eigenvalue weighted by Gasteiger charge is -2.20. The summed E-state index contributed by atoms with van der Waals surface area (Å²) in [6.45, 7) is 7.26. The lowest BCUT2D eigenvalue weighted by molar-refractivity contribution is 0.601. The molecule has 1 N–H and O–H groups in total. The molecule has 0 saturated heterocycles. The quantitative estimate of drug-likeness (QED) is 0.823. The highest BCUT2D eigenvalue weighted by Gasteiger charge is 2.12. The van der Waals surface area contributed by atoms with E-state index in [2.05, 4.69) is 15.3 Å². The summed E-state index contributed by atoms with van der Waals surface area (Å²) in [7, 11) is -1.13. The molecule has 0 spiro atoms. The van der Waals surface area contributed by atoms with Crippen molar-refractivity contribution in [3.63, 3.8) is 0 Å². The molecular formula is C13H24N4O2S. The third-order valence-electron chi connectivity index (χ3n) is 2.79. The maximum atomic E-state index is 11.2. The SMILES string of the molecule is CCNc1cc(N(C)CCS(C)(=O)=O)nc(C(C)C)n1. The lowest BCUT2D eigenvalue weighted by atomic mass is 10.2. The Labute approximate surface area is 121 Å². The molecule has 114 valence electrons. The van der Waals surface area contributed by atoms with E-state index in [1.807, 2.05) is 38.8 Å². The average molecular weight is 300 g/mol. The molecule has 0 radical (unpaired) electrons. The van der Waals surface area contributed by atoms with Gasteiger partial charge in [0.1, 0.15) is 27.3 Å². The normalized spacial score (nSPS) is 11.7. The highest BCUT2D eigenvalue weighted by molar-refractivity contribution is 7.90. The second-order valence-corrected chi connectivity index (χ2v) is 7.47. The molecule has 1 aromatic rings. The number of hydrogen-bond acceptors (Lipinski definition) is 6. The number of nitrogens with one attached hydrogen (secondary N) is 1. The minimum absolute atomic E-state index is 0.112. The Morgan fingerprint density at radius 1 is 1.35 bits per heavy atom. The number of hydrogen-bond donors (Lipinski definition) is 1. The maximum Gasteiger partial charge on any atom is 0.149 e. The lowest BCUT2D eigenvalue weighted by Crippen LogP contribution is -2.26. The van der Waals surface area contributed by atoms with Gasteiger partial charge in [0, 0.05) is 38.4 Å². The van der Waals surface area contributed by atoms with Crippen molar-refractivity contribution in [1.82, 2.24) is 9.97 Å². The molecule has 1 rings (SSSR count). The van der Waals surface area contributed by atoms with Gasteiger partial charge in [0.15, 0.2) is 0 Å². The van der Waals surface area contributed by atoms with Crippen LogP contribution in [0.1, 0.15) is 32.5 Å². The van der Waals surface area contributed by atoms with Crippen molar-refractivity contribution in [2.75, 3.05) is 42.4 Å². The number of sulfone groups is 1. The minimum atomic E-state index is -2.97. The van der Waals surface area contributed by atoms with Crippen LogP contribution >= 0.6 is 0 Å². The van der Waals surface area contributed by atoms with E-state index in [4.69, 9.17) is 0 Å². The summed E-state index contributed by atoms with van der Waals surface area (Å²) in [5.74, 6) is 2.59. The van der Waals surface area contributed by atoms with Crippen LogP contribution in [0.4, 0.5) is 11.6 Å². The van der Waals surface area contributed by atoms with Crippen LogP contribution in [0, 0.1) is 0 Å². The summed E-state index contributed by atoms with van der Waals surface area (Å²) < 4.78 is 22.5. The Hall–Kier alpha value is -1.37. The van der Waals surface area contributed by atoms with Crippen molar-refractivity contribution in [3.8, 4) is 0 Å². The summed E-state index contributed by atoms with van der Waals surface area (Å²) in [6.07, 6.45) is 1.24. The Balaban J connectivity index is 2.97. The molecule has 0 amide bonds. The molecule has 0 unspecified atom stereocenters. The van der Waals surface area contributed by atoms with Gasteiger partial charge in [-0.15, -0.1) is 0 Å². The van der Waals surface area contributed by atoms with Gasteiger partial charge < -0.3 is 10.2 Å². The summed E-state index contributed by atoms with van der Waals surface area (Å²) >= 11 is 0. The van der Waals surface area contributed by atoms with Crippen LogP contribution in [0.5, 0.6) is 0 Å². The standard InChI is InChI=1S/C13H24N4O2S/c1-6-14-11-9-12(16-13(15-11)10(2)3)17(4)7-8-20(5,18)19/h9-10H,6-8H2,1-5H3,(H,14,15,16). The van der Waals surface area contributed by atoms with Crippen molar-refractivity contribution in [2.24, 2.45) is 0 Å². The fourth-order valence-electron chi connectivity index (χ4n) is 1.60. The highest BCUT2D eigenvalue weighted by atomic mass is 32.2. The van der Waals surface area contributed by atoms with Gasteiger partial charge in [0.25, 0.3) is 0 Å². The van der Waals surface area contributed by atoms with Crippen LogP contribution in [0.15, 0.2) is 6.07 Å². The van der Waals surface area contributed by atoms with Gasteiger partial charge >= 0.3 is 0 Å².